The first kappa shape index (κ1) is 51.0. The molecule has 0 aliphatic heterocycles. The van der Waals surface area contributed by atoms with Crippen molar-refractivity contribution in [2.75, 3.05) is 0 Å². The van der Waals surface area contributed by atoms with Crippen LogP contribution in [0.5, 0.6) is 0 Å². The molecule has 2 aromatic rings. The highest BCUT2D eigenvalue weighted by Crippen LogP contribution is 2.26. The predicted molar refractivity (Wildman–Crippen MR) is 260 cm³/mol. The SMILES string of the molecule is CCCCCCCCCCCCC#CCCc1ccccc1N=C(CCCCC)C(CCCCC)=Nc1ccccc1CCC#CCCCCCCCCCCCC. The van der Waals surface area contributed by atoms with Gasteiger partial charge in [-0.1, -0.05) is 205 Å². The minimum absolute atomic E-state index is 0.891. The van der Waals surface area contributed by atoms with Crippen LogP contribution in [0.15, 0.2) is 58.5 Å². The van der Waals surface area contributed by atoms with Gasteiger partial charge in [0.25, 0.3) is 0 Å². The van der Waals surface area contributed by atoms with E-state index < -0.39 is 0 Å². The number of unbranched alkanes of at least 4 members (excludes halogenated alkanes) is 24. The lowest BCUT2D eigenvalue weighted by molar-refractivity contribution is 0.558. The van der Waals surface area contributed by atoms with Crippen molar-refractivity contribution in [3.8, 4) is 23.7 Å². The fraction of sp³-hybridized carbons (Fsp3) is 0.679. The van der Waals surface area contributed by atoms with Crippen LogP contribution in [0, 0.1) is 23.7 Å². The van der Waals surface area contributed by atoms with Crippen LogP contribution in [0.3, 0.4) is 0 Å². The van der Waals surface area contributed by atoms with Crippen LogP contribution in [0.25, 0.3) is 0 Å². The maximum Gasteiger partial charge on any atom is 0.0666 e. The summed E-state index contributed by atoms with van der Waals surface area (Å²) in [6, 6.07) is 17.5. The Labute approximate surface area is 360 Å². The third kappa shape index (κ3) is 26.8. The van der Waals surface area contributed by atoms with Crippen molar-refractivity contribution in [1.82, 2.24) is 0 Å². The second kappa shape index (κ2) is 38.1. The summed E-state index contributed by atoms with van der Waals surface area (Å²) in [6.45, 7) is 9.16. The lowest BCUT2D eigenvalue weighted by Gasteiger charge is -2.14. The summed E-state index contributed by atoms with van der Waals surface area (Å²) in [7, 11) is 0. The molecule has 322 valence electrons. The molecule has 2 aromatic carbocycles. The molecule has 0 heterocycles. The van der Waals surface area contributed by atoms with Crippen LogP contribution >= 0.6 is 0 Å². The van der Waals surface area contributed by atoms with E-state index in [9.17, 15) is 0 Å². The van der Waals surface area contributed by atoms with Crippen LogP contribution in [-0.2, 0) is 12.8 Å². The van der Waals surface area contributed by atoms with Gasteiger partial charge in [-0.15, -0.1) is 23.7 Å². The number of aliphatic imine (C=N–C) groups is 2. The lowest BCUT2D eigenvalue weighted by Crippen LogP contribution is -2.15. The van der Waals surface area contributed by atoms with E-state index in [1.165, 1.54) is 177 Å². The molecule has 58 heavy (non-hydrogen) atoms. The summed E-state index contributed by atoms with van der Waals surface area (Å²) < 4.78 is 0. The Balaban J connectivity index is 2.04. The molecule has 2 nitrogen and oxygen atoms in total. The lowest BCUT2D eigenvalue weighted by atomic mass is 10.0. The van der Waals surface area contributed by atoms with E-state index in [0.717, 1.165) is 75.6 Å². The molecule has 0 radical (unpaired) electrons. The molecule has 2 heteroatoms. The molecule has 0 saturated heterocycles. The molecule has 0 aliphatic rings. The molecule has 0 atom stereocenters. The summed E-state index contributed by atoms with van der Waals surface area (Å²) in [5.74, 6) is 14.0. The predicted octanol–water partition coefficient (Wildman–Crippen LogP) is 18.2. The van der Waals surface area contributed by atoms with Crippen LogP contribution in [-0.4, -0.2) is 11.4 Å². The van der Waals surface area contributed by atoms with Gasteiger partial charge in [-0.05, 0) is 74.6 Å². The molecule has 0 amide bonds. The van der Waals surface area contributed by atoms with E-state index >= 15 is 0 Å². The number of rotatable bonds is 35. The van der Waals surface area contributed by atoms with Gasteiger partial charge in [-0.2, -0.15) is 0 Å². The molecule has 0 spiro atoms. The van der Waals surface area contributed by atoms with Gasteiger partial charge in [0.05, 0.1) is 22.8 Å². The topological polar surface area (TPSA) is 24.7 Å². The normalized spacial score (nSPS) is 11.7. The Morgan fingerprint density at radius 3 is 1.00 bits per heavy atom. The molecule has 0 saturated carbocycles. The van der Waals surface area contributed by atoms with E-state index in [1.54, 1.807) is 0 Å². The Hall–Kier alpha value is -3.10. The summed E-state index contributed by atoms with van der Waals surface area (Å²) >= 11 is 0. The standard InChI is InChI=1S/C56H88N2/c1-5-9-13-15-17-19-21-23-25-27-29-31-33-37-43-51-45-39-41-47-53(51)57-55(49-35-11-7-3)56(50-36-12-8-4)58-54-48-42-40-46-52(54)44-38-34-32-30-28-26-24-22-20-18-16-14-10-6-2/h39-42,45-48H,5-30,35-38,43-44,49-50H2,1-4H3. The van der Waals surface area contributed by atoms with Crippen LogP contribution < -0.4 is 0 Å². The van der Waals surface area contributed by atoms with Crippen molar-refractivity contribution in [3.05, 3.63) is 59.7 Å². The zero-order chi connectivity index (χ0) is 41.4. The van der Waals surface area contributed by atoms with Gasteiger partial charge >= 0.3 is 0 Å². The minimum atomic E-state index is 0.891. The minimum Gasteiger partial charge on any atom is -0.251 e. The van der Waals surface area contributed by atoms with Gasteiger partial charge in [-0.25, -0.2) is 0 Å². The molecule has 0 aromatic heterocycles. The van der Waals surface area contributed by atoms with Gasteiger partial charge in [0, 0.05) is 25.7 Å². The Morgan fingerprint density at radius 2 is 0.638 bits per heavy atom. The number of hydrogen-bond acceptors (Lipinski definition) is 2. The summed E-state index contributed by atoms with van der Waals surface area (Å²) in [6.07, 6.45) is 42.2. The van der Waals surface area contributed by atoms with Gasteiger partial charge in [0.1, 0.15) is 0 Å². The maximum absolute atomic E-state index is 5.48. The molecule has 0 aliphatic carbocycles. The number of benzene rings is 2. The molecular formula is C56H88N2. The van der Waals surface area contributed by atoms with E-state index in [2.05, 4.69) is 99.9 Å². The van der Waals surface area contributed by atoms with Crippen LogP contribution in [0.4, 0.5) is 11.4 Å². The molecule has 0 bridgehead atoms. The largest absolute Gasteiger partial charge is 0.251 e. The fourth-order valence-electron chi connectivity index (χ4n) is 7.72. The summed E-state index contributed by atoms with van der Waals surface area (Å²) in [5.41, 5.74) is 7.14. The van der Waals surface area contributed by atoms with Crippen LogP contribution in [0.2, 0.25) is 0 Å². The van der Waals surface area contributed by atoms with E-state index in [4.69, 9.17) is 9.98 Å². The van der Waals surface area contributed by atoms with E-state index in [0.29, 0.717) is 0 Å². The molecular weight excluding hydrogens is 701 g/mol. The first-order valence-corrected chi connectivity index (χ1v) is 25.0. The third-order valence-electron chi connectivity index (χ3n) is 11.5. The molecule has 0 unspecified atom stereocenters. The van der Waals surface area contributed by atoms with Gasteiger partial charge in [0.15, 0.2) is 0 Å². The zero-order valence-electron chi connectivity index (χ0n) is 38.6. The highest BCUT2D eigenvalue weighted by molar-refractivity contribution is 6.43. The molecule has 0 fully saturated rings. The van der Waals surface area contributed by atoms with Gasteiger partial charge in [-0.3, -0.25) is 9.98 Å². The second-order valence-electron chi connectivity index (χ2n) is 16.9. The summed E-state index contributed by atoms with van der Waals surface area (Å²) in [5, 5.41) is 0. The van der Waals surface area contributed by atoms with Crippen molar-refractivity contribution in [3.63, 3.8) is 0 Å². The van der Waals surface area contributed by atoms with Gasteiger partial charge in [0.2, 0.25) is 0 Å². The smallest absolute Gasteiger partial charge is 0.0666 e. The average molecular weight is 789 g/mol. The van der Waals surface area contributed by atoms with Crippen molar-refractivity contribution in [2.24, 2.45) is 9.98 Å². The fourth-order valence-corrected chi connectivity index (χ4v) is 7.72. The van der Waals surface area contributed by atoms with E-state index in [-0.39, 0.29) is 0 Å². The van der Waals surface area contributed by atoms with Crippen LogP contribution in [0.1, 0.15) is 244 Å². The van der Waals surface area contributed by atoms with Crippen molar-refractivity contribution in [1.29, 1.82) is 0 Å². The highest BCUT2D eigenvalue weighted by Gasteiger charge is 2.13. The monoisotopic (exact) mass is 789 g/mol. The Bertz CT molecular complexity index is 1340. The summed E-state index contributed by atoms with van der Waals surface area (Å²) in [4.78, 5) is 11.0. The third-order valence-corrected chi connectivity index (χ3v) is 11.5. The molecule has 2 rings (SSSR count). The van der Waals surface area contributed by atoms with Gasteiger partial charge < -0.3 is 0 Å². The maximum atomic E-state index is 5.48. The number of para-hydroxylation sites is 2. The first-order chi connectivity index (χ1) is 28.7. The zero-order valence-corrected chi connectivity index (χ0v) is 38.6. The highest BCUT2D eigenvalue weighted by atomic mass is 14.8. The van der Waals surface area contributed by atoms with Crippen molar-refractivity contribution in [2.45, 2.75) is 246 Å². The van der Waals surface area contributed by atoms with Crippen molar-refractivity contribution >= 4 is 22.8 Å². The second-order valence-corrected chi connectivity index (χ2v) is 16.9. The quantitative estimate of drug-likeness (QED) is 0.0378. The molecule has 0 N–H and O–H groups in total. The number of nitrogens with zero attached hydrogens (tertiary/aromatic N) is 2. The number of hydrogen-bond donors (Lipinski definition) is 0. The number of aryl methyl sites for hydroxylation is 2. The first-order valence-electron chi connectivity index (χ1n) is 25.0. The Morgan fingerprint density at radius 1 is 0.345 bits per heavy atom. The van der Waals surface area contributed by atoms with E-state index in [1.807, 2.05) is 0 Å². The Kier molecular flexibility index (Phi) is 33.6. The average Bonchev–Trinajstić information content (AvgIpc) is 3.24. The van der Waals surface area contributed by atoms with Crippen molar-refractivity contribution < 1.29 is 0 Å².